The third-order valence-corrected chi connectivity index (χ3v) is 2.06. The van der Waals surface area contributed by atoms with E-state index in [9.17, 15) is 8.78 Å². The lowest BCUT2D eigenvalue weighted by molar-refractivity contribution is 0.581. The van der Waals surface area contributed by atoms with Gasteiger partial charge in [-0.15, -0.1) is 11.6 Å². The Kier molecular flexibility index (Phi) is 3.43. The first-order valence-electron chi connectivity index (χ1n) is 3.85. The second kappa shape index (κ2) is 4.38. The van der Waals surface area contributed by atoms with E-state index in [4.69, 9.17) is 11.6 Å². The molecule has 0 saturated heterocycles. The lowest BCUT2D eigenvalue weighted by atomic mass is 10.1. The first-order chi connectivity index (χ1) is 6.19. The zero-order valence-corrected chi connectivity index (χ0v) is 7.91. The summed E-state index contributed by atoms with van der Waals surface area (Å²) in [6.45, 7) is 1.76. The van der Waals surface area contributed by atoms with Gasteiger partial charge < -0.3 is 0 Å². The van der Waals surface area contributed by atoms with Gasteiger partial charge in [0.2, 0.25) is 0 Å². The van der Waals surface area contributed by atoms with Gasteiger partial charge in [-0.3, -0.25) is 0 Å². The molecule has 0 unspecified atom stereocenters. The fraction of sp³-hybridized carbons (Fsp3) is 0.200. The fourth-order valence-electron chi connectivity index (χ4n) is 1.05. The van der Waals surface area contributed by atoms with E-state index in [2.05, 4.69) is 0 Å². The molecule has 0 fully saturated rings. The van der Waals surface area contributed by atoms with Crippen molar-refractivity contribution >= 4 is 17.2 Å². The Morgan fingerprint density at radius 2 is 2.15 bits per heavy atom. The van der Waals surface area contributed by atoms with E-state index < -0.39 is 11.6 Å². The van der Waals surface area contributed by atoms with Crippen LogP contribution in [-0.4, -0.2) is 5.88 Å². The molecule has 0 radical (unpaired) electrons. The highest BCUT2D eigenvalue weighted by Gasteiger charge is 2.06. The quantitative estimate of drug-likeness (QED) is 0.643. The van der Waals surface area contributed by atoms with E-state index in [1.54, 1.807) is 13.0 Å². The average molecular weight is 203 g/mol. The minimum absolute atomic E-state index is 0.221. The second-order valence-corrected chi connectivity index (χ2v) is 2.84. The molecule has 0 bridgehead atoms. The van der Waals surface area contributed by atoms with Crippen LogP contribution >= 0.6 is 11.6 Å². The van der Waals surface area contributed by atoms with Gasteiger partial charge in [-0.05, 0) is 24.6 Å². The van der Waals surface area contributed by atoms with Crippen molar-refractivity contribution in [3.63, 3.8) is 0 Å². The molecule has 0 N–H and O–H groups in total. The molecule has 0 aliphatic carbocycles. The van der Waals surface area contributed by atoms with Gasteiger partial charge in [0.05, 0.1) is 0 Å². The first-order valence-corrected chi connectivity index (χ1v) is 4.39. The molecule has 0 aliphatic rings. The number of benzene rings is 1. The molecule has 1 aromatic rings. The van der Waals surface area contributed by atoms with E-state index >= 15 is 0 Å². The predicted molar refractivity (Wildman–Crippen MR) is 50.7 cm³/mol. The van der Waals surface area contributed by atoms with Crippen LogP contribution in [0.5, 0.6) is 0 Å². The van der Waals surface area contributed by atoms with Crippen molar-refractivity contribution in [3.8, 4) is 0 Å². The van der Waals surface area contributed by atoms with E-state index in [0.29, 0.717) is 11.1 Å². The van der Waals surface area contributed by atoms with Gasteiger partial charge in [0.15, 0.2) is 0 Å². The van der Waals surface area contributed by atoms with Crippen molar-refractivity contribution in [2.45, 2.75) is 6.92 Å². The SMILES string of the molecule is CC=C(CCl)c1ccc(F)cc1F. The maximum absolute atomic E-state index is 13.1. The molecule has 1 aromatic carbocycles. The normalized spacial score (nSPS) is 11.8. The summed E-state index contributed by atoms with van der Waals surface area (Å²) in [6, 6.07) is 3.46. The van der Waals surface area contributed by atoms with Crippen molar-refractivity contribution in [1.29, 1.82) is 0 Å². The summed E-state index contributed by atoms with van der Waals surface area (Å²) < 4.78 is 25.7. The Morgan fingerprint density at radius 3 is 2.62 bits per heavy atom. The molecule has 0 nitrogen and oxygen atoms in total. The van der Waals surface area contributed by atoms with Crippen LogP contribution in [-0.2, 0) is 0 Å². The molecule has 0 aliphatic heterocycles. The van der Waals surface area contributed by atoms with E-state index in [-0.39, 0.29) is 5.88 Å². The minimum Gasteiger partial charge on any atom is -0.207 e. The molecule has 70 valence electrons. The second-order valence-electron chi connectivity index (χ2n) is 2.57. The minimum atomic E-state index is -0.578. The molecule has 0 saturated carbocycles. The van der Waals surface area contributed by atoms with Gasteiger partial charge >= 0.3 is 0 Å². The number of hydrogen-bond acceptors (Lipinski definition) is 0. The van der Waals surface area contributed by atoms with E-state index in [1.165, 1.54) is 12.1 Å². The van der Waals surface area contributed by atoms with Gasteiger partial charge in [-0.1, -0.05) is 6.08 Å². The van der Waals surface area contributed by atoms with Crippen molar-refractivity contribution < 1.29 is 8.78 Å². The van der Waals surface area contributed by atoms with E-state index in [0.717, 1.165) is 6.07 Å². The highest BCUT2D eigenvalue weighted by atomic mass is 35.5. The monoisotopic (exact) mass is 202 g/mol. The lowest BCUT2D eigenvalue weighted by Gasteiger charge is -2.04. The van der Waals surface area contributed by atoms with Gasteiger partial charge in [0, 0.05) is 17.5 Å². The van der Waals surface area contributed by atoms with Crippen LogP contribution < -0.4 is 0 Å². The van der Waals surface area contributed by atoms with Crippen LogP contribution in [0.4, 0.5) is 8.78 Å². The van der Waals surface area contributed by atoms with Gasteiger partial charge in [0.1, 0.15) is 11.6 Å². The third kappa shape index (κ3) is 2.28. The molecule has 0 amide bonds. The Morgan fingerprint density at radius 1 is 1.46 bits per heavy atom. The maximum Gasteiger partial charge on any atom is 0.133 e. The van der Waals surface area contributed by atoms with Gasteiger partial charge in [-0.25, -0.2) is 8.78 Å². The molecule has 0 atom stereocenters. The topological polar surface area (TPSA) is 0 Å². The van der Waals surface area contributed by atoms with Crippen LogP contribution in [0.15, 0.2) is 24.3 Å². The number of rotatable bonds is 2. The molecule has 0 heterocycles. The van der Waals surface area contributed by atoms with Crippen LogP contribution in [0.25, 0.3) is 5.57 Å². The summed E-state index contributed by atoms with van der Waals surface area (Å²) in [5.74, 6) is -0.931. The maximum atomic E-state index is 13.1. The number of hydrogen-bond donors (Lipinski definition) is 0. The van der Waals surface area contributed by atoms with Gasteiger partial charge in [0.25, 0.3) is 0 Å². The lowest BCUT2D eigenvalue weighted by Crippen LogP contribution is -1.91. The molecule has 1 rings (SSSR count). The largest absolute Gasteiger partial charge is 0.207 e. The summed E-state index contributed by atoms with van der Waals surface area (Å²) in [6.07, 6.45) is 1.71. The standard InChI is InChI=1S/C10H9ClF2/c1-2-7(6-11)9-4-3-8(12)5-10(9)13/h2-5H,6H2,1H3. The molecular weight excluding hydrogens is 194 g/mol. The summed E-state index contributed by atoms with van der Waals surface area (Å²) in [5, 5.41) is 0. The smallest absolute Gasteiger partial charge is 0.133 e. The van der Waals surface area contributed by atoms with Crippen molar-refractivity contribution in [1.82, 2.24) is 0 Å². The summed E-state index contributed by atoms with van der Waals surface area (Å²) in [5.41, 5.74) is 1.03. The summed E-state index contributed by atoms with van der Waals surface area (Å²) >= 11 is 5.59. The predicted octanol–water partition coefficient (Wildman–Crippen LogP) is 3.61. The Hall–Kier alpha value is -0.890. The highest BCUT2D eigenvalue weighted by Crippen LogP contribution is 2.20. The van der Waals surface area contributed by atoms with Crippen LogP contribution in [0, 0.1) is 11.6 Å². The Bertz CT molecular complexity index is 332. The molecule has 13 heavy (non-hydrogen) atoms. The molecular formula is C10H9ClF2. The van der Waals surface area contributed by atoms with Crippen molar-refractivity contribution in [3.05, 3.63) is 41.5 Å². The number of halogens is 3. The van der Waals surface area contributed by atoms with E-state index in [1.807, 2.05) is 0 Å². The Labute approximate surface area is 80.8 Å². The third-order valence-electron chi connectivity index (χ3n) is 1.77. The number of allylic oxidation sites excluding steroid dienone is 2. The van der Waals surface area contributed by atoms with Crippen molar-refractivity contribution in [2.24, 2.45) is 0 Å². The zero-order chi connectivity index (χ0) is 9.84. The summed E-state index contributed by atoms with van der Waals surface area (Å²) in [7, 11) is 0. The highest BCUT2D eigenvalue weighted by molar-refractivity contribution is 6.23. The number of alkyl halides is 1. The Balaban J connectivity index is 3.15. The zero-order valence-electron chi connectivity index (χ0n) is 7.15. The van der Waals surface area contributed by atoms with Crippen molar-refractivity contribution in [2.75, 3.05) is 5.88 Å². The van der Waals surface area contributed by atoms with Gasteiger partial charge in [-0.2, -0.15) is 0 Å². The molecule has 3 heteroatoms. The molecule has 0 spiro atoms. The van der Waals surface area contributed by atoms with Crippen LogP contribution in [0.1, 0.15) is 12.5 Å². The fourth-order valence-corrected chi connectivity index (χ4v) is 1.35. The van der Waals surface area contributed by atoms with Crippen LogP contribution in [0.3, 0.4) is 0 Å². The average Bonchev–Trinajstić information content (AvgIpc) is 2.10. The first kappa shape index (κ1) is 10.2. The van der Waals surface area contributed by atoms with Crippen LogP contribution in [0.2, 0.25) is 0 Å². The summed E-state index contributed by atoms with van der Waals surface area (Å²) in [4.78, 5) is 0. The molecule has 0 aromatic heterocycles.